The van der Waals surface area contributed by atoms with Gasteiger partial charge in [-0.1, -0.05) is 24.3 Å². The first kappa shape index (κ1) is 19.1. The molecule has 3 aromatic rings. The summed E-state index contributed by atoms with van der Waals surface area (Å²) in [4.78, 5) is 13.0. The van der Waals surface area contributed by atoms with Gasteiger partial charge < -0.3 is 15.9 Å². The molecule has 0 unspecified atom stereocenters. The van der Waals surface area contributed by atoms with Gasteiger partial charge in [-0.25, -0.2) is 0 Å². The van der Waals surface area contributed by atoms with Gasteiger partial charge in [-0.3, -0.25) is 9.36 Å². The zero-order chi connectivity index (χ0) is 21.4. The van der Waals surface area contributed by atoms with E-state index in [0.29, 0.717) is 20.3 Å². The number of aromatic nitrogens is 1. The number of hydrogen-bond acceptors (Lipinski definition) is 7. The largest absolute Gasteiger partial charge is 0.508 e. The minimum atomic E-state index is -0.736. The molecule has 0 radical (unpaired) electrons. The molecule has 4 rings (SSSR count). The van der Waals surface area contributed by atoms with Gasteiger partial charge in [0.2, 0.25) is 0 Å². The quantitative estimate of drug-likeness (QED) is 0.578. The first-order valence-corrected chi connectivity index (χ1v) is 9.62. The first-order chi connectivity index (χ1) is 14.4. The van der Waals surface area contributed by atoms with E-state index >= 15 is 0 Å². The third kappa shape index (κ3) is 3.02. The summed E-state index contributed by atoms with van der Waals surface area (Å²) in [5.74, 6) is -0.587. The summed E-state index contributed by atoms with van der Waals surface area (Å²) in [7, 11) is 0. The van der Waals surface area contributed by atoms with Gasteiger partial charge in [0.15, 0.2) is 0 Å². The van der Waals surface area contributed by atoms with E-state index in [1.54, 1.807) is 30.3 Å². The van der Waals surface area contributed by atoms with E-state index in [0.717, 1.165) is 11.3 Å². The van der Waals surface area contributed by atoms with Crippen LogP contribution in [0.25, 0.3) is 17.5 Å². The molecular weight excluding hydrogens is 400 g/mol. The number of allylic oxidation sites excluding steroid dienone is 1. The van der Waals surface area contributed by atoms with Crippen molar-refractivity contribution < 1.29 is 10.2 Å². The van der Waals surface area contributed by atoms with Crippen molar-refractivity contribution >= 4 is 28.8 Å². The molecule has 30 heavy (non-hydrogen) atoms. The lowest BCUT2D eigenvalue weighted by Crippen LogP contribution is -2.38. The molecule has 0 bridgehead atoms. The smallest absolute Gasteiger partial charge is 0.274 e. The van der Waals surface area contributed by atoms with Crippen molar-refractivity contribution in [1.29, 1.82) is 10.5 Å². The number of benzene rings is 2. The van der Waals surface area contributed by atoms with Crippen LogP contribution >= 0.6 is 11.3 Å². The van der Waals surface area contributed by atoms with Crippen molar-refractivity contribution in [2.75, 3.05) is 0 Å². The molecule has 146 valence electrons. The normalized spacial score (nSPS) is 16.1. The Morgan fingerprint density at radius 1 is 0.967 bits per heavy atom. The van der Waals surface area contributed by atoms with Gasteiger partial charge in [0, 0.05) is 0 Å². The van der Waals surface area contributed by atoms with E-state index < -0.39 is 11.5 Å². The Hall–Kier alpha value is -4.27. The number of phenolic OH excluding ortho intramolecular Hbond substituents is 2. The van der Waals surface area contributed by atoms with Crippen LogP contribution in [0.5, 0.6) is 11.5 Å². The van der Waals surface area contributed by atoms with Crippen molar-refractivity contribution in [3.8, 4) is 23.6 Å². The molecule has 0 fully saturated rings. The number of phenols is 2. The second kappa shape index (κ2) is 7.28. The van der Waals surface area contributed by atoms with Crippen molar-refractivity contribution in [1.82, 2.24) is 4.57 Å². The molecule has 7 nitrogen and oxygen atoms in total. The van der Waals surface area contributed by atoms with E-state index in [9.17, 15) is 25.5 Å². The Morgan fingerprint density at radius 3 is 2.10 bits per heavy atom. The SMILES string of the molecule is N#CC1=C(N)n2c(s/c(=C\c3ccc(O)cc3)c2=O)=C(C#N)[C@@H]1c1ccc(O)cc1. The molecular formula is C22H14N4O3S. The van der Waals surface area contributed by atoms with Crippen molar-refractivity contribution in [2.24, 2.45) is 5.73 Å². The van der Waals surface area contributed by atoms with E-state index in [2.05, 4.69) is 6.07 Å². The summed E-state index contributed by atoms with van der Waals surface area (Å²) in [5.41, 5.74) is 7.42. The highest BCUT2D eigenvalue weighted by molar-refractivity contribution is 7.07. The minimum Gasteiger partial charge on any atom is -0.508 e. The molecule has 0 saturated carbocycles. The summed E-state index contributed by atoms with van der Waals surface area (Å²) in [6.45, 7) is 0. The van der Waals surface area contributed by atoms with Gasteiger partial charge in [-0.05, 0) is 41.5 Å². The Bertz CT molecular complexity index is 1450. The highest BCUT2D eigenvalue weighted by atomic mass is 32.1. The average molecular weight is 414 g/mol. The summed E-state index contributed by atoms with van der Waals surface area (Å²) in [6, 6.07) is 16.7. The summed E-state index contributed by atoms with van der Waals surface area (Å²) >= 11 is 1.11. The van der Waals surface area contributed by atoms with Crippen LogP contribution in [0, 0.1) is 22.7 Å². The van der Waals surface area contributed by atoms with Crippen LogP contribution in [-0.2, 0) is 0 Å². The zero-order valence-corrected chi connectivity index (χ0v) is 16.2. The van der Waals surface area contributed by atoms with Crippen LogP contribution in [0.1, 0.15) is 17.0 Å². The van der Waals surface area contributed by atoms with Gasteiger partial charge in [0.05, 0.1) is 33.7 Å². The molecule has 1 atom stereocenters. The highest BCUT2D eigenvalue weighted by Gasteiger charge is 2.32. The monoisotopic (exact) mass is 414 g/mol. The fourth-order valence-corrected chi connectivity index (χ4v) is 4.50. The van der Waals surface area contributed by atoms with Crippen molar-refractivity contribution in [3.05, 3.63) is 84.8 Å². The predicted molar refractivity (Wildman–Crippen MR) is 112 cm³/mol. The van der Waals surface area contributed by atoms with Gasteiger partial charge in [0.1, 0.15) is 22.0 Å². The summed E-state index contributed by atoms with van der Waals surface area (Å²) < 4.78 is 1.91. The molecule has 0 aliphatic carbocycles. The molecule has 0 saturated heterocycles. The minimum absolute atomic E-state index is 0.0174. The second-order valence-corrected chi connectivity index (χ2v) is 7.64. The van der Waals surface area contributed by atoms with Crippen molar-refractivity contribution in [3.63, 3.8) is 0 Å². The fraction of sp³-hybridized carbons (Fsp3) is 0.0455. The molecule has 2 aromatic carbocycles. The van der Waals surface area contributed by atoms with Crippen LogP contribution in [0.3, 0.4) is 0 Å². The van der Waals surface area contributed by atoms with Gasteiger partial charge >= 0.3 is 0 Å². The average Bonchev–Trinajstić information content (AvgIpc) is 3.06. The number of fused-ring (bicyclic) bond motifs is 1. The first-order valence-electron chi connectivity index (χ1n) is 8.80. The molecule has 8 heteroatoms. The number of nitrogens with two attached hydrogens (primary N) is 1. The van der Waals surface area contributed by atoms with E-state index in [4.69, 9.17) is 5.73 Å². The number of hydrogen-bond donors (Lipinski definition) is 3. The zero-order valence-electron chi connectivity index (χ0n) is 15.4. The predicted octanol–water partition coefficient (Wildman–Crippen LogP) is 1.27. The number of thiazole rings is 1. The highest BCUT2D eigenvalue weighted by Crippen LogP contribution is 2.35. The lowest BCUT2D eigenvalue weighted by molar-refractivity contribution is 0.474. The Balaban J connectivity index is 2.04. The number of aromatic hydroxyl groups is 2. The van der Waals surface area contributed by atoms with Gasteiger partial charge in [0.25, 0.3) is 5.56 Å². The lowest BCUT2D eigenvalue weighted by Gasteiger charge is -2.22. The topological polar surface area (TPSA) is 136 Å². The Kier molecular flexibility index (Phi) is 4.63. The molecule has 2 heterocycles. The van der Waals surface area contributed by atoms with Crippen molar-refractivity contribution in [2.45, 2.75) is 5.92 Å². The number of nitrogens with zero attached hydrogens (tertiary/aromatic N) is 3. The van der Waals surface area contributed by atoms with Crippen LogP contribution in [0.15, 0.2) is 58.9 Å². The molecule has 1 aliphatic heterocycles. The molecule has 1 aliphatic rings. The fourth-order valence-electron chi connectivity index (χ4n) is 3.37. The maximum Gasteiger partial charge on any atom is 0.274 e. The molecule has 4 N–H and O–H groups in total. The Labute approximate surface area is 174 Å². The van der Waals surface area contributed by atoms with Crippen LogP contribution in [0.4, 0.5) is 0 Å². The third-order valence-electron chi connectivity index (χ3n) is 4.81. The molecule has 0 spiro atoms. The van der Waals surface area contributed by atoms with Crippen LogP contribution < -0.4 is 20.5 Å². The summed E-state index contributed by atoms with van der Waals surface area (Å²) in [6.07, 6.45) is 1.64. The maximum absolute atomic E-state index is 13.0. The number of rotatable bonds is 2. The number of nitriles is 2. The van der Waals surface area contributed by atoms with E-state index in [1.807, 2.05) is 6.07 Å². The standard InChI is InChI=1S/C22H14N4O3S/c23-10-16-19(13-3-7-15(28)8-4-13)17(11-24)22-26(20(16)25)21(29)18(30-22)9-12-1-5-14(27)6-2-12/h1-9,19,27-28H,25H2/b18-9-/t19-/m1/s1. The summed E-state index contributed by atoms with van der Waals surface area (Å²) in [5, 5.41) is 38.6. The van der Waals surface area contributed by atoms with E-state index in [-0.39, 0.29) is 28.5 Å². The van der Waals surface area contributed by atoms with Gasteiger partial charge in [-0.2, -0.15) is 10.5 Å². The third-order valence-corrected chi connectivity index (χ3v) is 5.91. The Morgan fingerprint density at radius 2 is 1.53 bits per heavy atom. The maximum atomic E-state index is 13.0. The second-order valence-electron chi connectivity index (χ2n) is 6.61. The van der Waals surface area contributed by atoms with Gasteiger partial charge in [-0.15, -0.1) is 11.3 Å². The lowest BCUT2D eigenvalue weighted by atomic mass is 9.84. The van der Waals surface area contributed by atoms with Crippen LogP contribution in [-0.4, -0.2) is 14.8 Å². The van der Waals surface area contributed by atoms with E-state index in [1.165, 1.54) is 28.8 Å². The van der Waals surface area contributed by atoms with Crippen LogP contribution in [0.2, 0.25) is 0 Å². The molecule has 0 amide bonds. The molecule has 1 aromatic heterocycles.